The summed E-state index contributed by atoms with van der Waals surface area (Å²) in [5.41, 5.74) is 6.70. The SMILES string of the molecule is O=Cc1cc(-c2cccc(CP)c2)cc2c(C3CCN(SCCCN4CCCC4)CC3)c[nH]c12. The van der Waals surface area contributed by atoms with Gasteiger partial charge in [0.25, 0.3) is 0 Å². The van der Waals surface area contributed by atoms with Crippen LogP contribution in [-0.4, -0.2) is 59.0 Å². The Morgan fingerprint density at radius 3 is 2.65 bits per heavy atom. The van der Waals surface area contributed by atoms with Gasteiger partial charge in [0.15, 0.2) is 6.29 Å². The van der Waals surface area contributed by atoms with E-state index in [0.717, 1.165) is 42.2 Å². The highest BCUT2D eigenvalue weighted by Crippen LogP contribution is 2.37. The van der Waals surface area contributed by atoms with Gasteiger partial charge in [0.1, 0.15) is 0 Å². The van der Waals surface area contributed by atoms with E-state index >= 15 is 0 Å². The lowest BCUT2D eigenvalue weighted by atomic mass is 9.88. The molecule has 2 aliphatic rings. The Labute approximate surface area is 210 Å². The maximum atomic E-state index is 11.9. The number of aromatic nitrogens is 1. The van der Waals surface area contributed by atoms with Crippen LogP contribution in [0.4, 0.5) is 0 Å². The smallest absolute Gasteiger partial charge is 0.152 e. The van der Waals surface area contributed by atoms with E-state index in [9.17, 15) is 4.79 Å². The average molecular weight is 494 g/mol. The monoisotopic (exact) mass is 493 g/mol. The summed E-state index contributed by atoms with van der Waals surface area (Å²) >= 11 is 2.04. The van der Waals surface area contributed by atoms with Crippen LogP contribution < -0.4 is 0 Å². The number of hydrogen-bond acceptors (Lipinski definition) is 4. The molecular weight excluding hydrogens is 457 g/mol. The Morgan fingerprint density at radius 2 is 1.88 bits per heavy atom. The fourth-order valence-corrected chi connectivity index (χ4v) is 6.78. The van der Waals surface area contributed by atoms with Crippen LogP contribution in [0.3, 0.4) is 0 Å². The van der Waals surface area contributed by atoms with Crippen LogP contribution in [0, 0.1) is 0 Å². The van der Waals surface area contributed by atoms with Crippen molar-refractivity contribution < 1.29 is 4.79 Å². The van der Waals surface area contributed by atoms with Crippen molar-refractivity contribution in [1.82, 2.24) is 14.2 Å². The number of rotatable bonds is 9. The van der Waals surface area contributed by atoms with Crippen LogP contribution in [0.1, 0.15) is 59.5 Å². The molecule has 6 heteroatoms. The maximum Gasteiger partial charge on any atom is 0.152 e. The molecule has 34 heavy (non-hydrogen) atoms. The number of carbonyl (C=O) groups is 1. The number of nitrogens with zero attached hydrogens (tertiary/aromatic N) is 2. The number of benzene rings is 2. The molecule has 4 nitrogen and oxygen atoms in total. The summed E-state index contributed by atoms with van der Waals surface area (Å²) in [6.07, 6.45) is 10.5. The molecule has 0 aliphatic carbocycles. The summed E-state index contributed by atoms with van der Waals surface area (Å²) in [5, 5.41) is 1.22. The quantitative estimate of drug-likeness (QED) is 0.164. The number of piperidine rings is 1. The second-order valence-electron chi connectivity index (χ2n) is 9.69. The molecule has 0 bridgehead atoms. The molecule has 0 spiro atoms. The van der Waals surface area contributed by atoms with Crippen molar-refractivity contribution in [3.63, 3.8) is 0 Å². The first-order valence-electron chi connectivity index (χ1n) is 12.7. The van der Waals surface area contributed by atoms with Crippen LogP contribution in [0.2, 0.25) is 0 Å². The first-order valence-corrected chi connectivity index (χ1v) is 14.5. The van der Waals surface area contributed by atoms with E-state index in [4.69, 9.17) is 0 Å². The van der Waals surface area contributed by atoms with Gasteiger partial charge >= 0.3 is 0 Å². The Kier molecular flexibility index (Phi) is 8.06. The fraction of sp³-hybridized carbons (Fsp3) is 0.464. The molecule has 180 valence electrons. The van der Waals surface area contributed by atoms with Gasteiger partial charge in [0, 0.05) is 36.0 Å². The van der Waals surface area contributed by atoms with E-state index < -0.39 is 0 Å². The molecule has 1 atom stereocenters. The Hall–Kier alpha value is -1.65. The summed E-state index contributed by atoms with van der Waals surface area (Å²) in [5.74, 6) is 1.78. The summed E-state index contributed by atoms with van der Waals surface area (Å²) in [6.45, 7) is 6.15. The van der Waals surface area contributed by atoms with Crippen molar-refractivity contribution in [3.05, 3.63) is 59.3 Å². The average Bonchev–Trinajstić information content (AvgIpc) is 3.56. The predicted octanol–water partition coefficient (Wildman–Crippen LogP) is 6.34. The Balaban J connectivity index is 1.26. The summed E-state index contributed by atoms with van der Waals surface area (Å²) < 4.78 is 2.58. The second-order valence-corrected chi connectivity index (χ2v) is 11.3. The van der Waals surface area contributed by atoms with Crippen LogP contribution in [0.5, 0.6) is 0 Å². The number of H-pyrrole nitrogens is 1. The van der Waals surface area contributed by atoms with E-state index in [2.05, 4.69) is 60.0 Å². The molecule has 2 aromatic carbocycles. The number of fused-ring (bicyclic) bond motifs is 1. The van der Waals surface area contributed by atoms with E-state index in [1.54, 1.807) is 0 Å². The van der Waals surface area contributed by atoms with Gasteiger partial charge < -0.3 is 9.88 Å². The van der Waals surface area contributed by atoms with Crippen molar-refractivity contribution in [2.75, 3.05) is 38.5 Å². The largest absolute Gasteiger partial charge is 0.360 e. The Bertz CT molecular complexity index is 1120. The molecule has 0 amide bonds. The molecule has 0 radical (unpaired) electrons. The second kappa shape index (κ2) is 11.4. The van der Waals surface area contributed by atoms with Crippen LogP contribution in [0.25, 0.3) is 22.0 Å². The van der Waals surface area contributed by atoms with Gasteiger partial charge in [0.05, 0.1) is 5.52 Å². The third-order valence-electron chi connectivity index (χ3n) is 7.46. The zero-order chi connectivity index (χ0) is 23.3. The van der Waals surface area contributed by atoms with Gasteiger partial charge in [-0.3, -0.25) is 9.10 Å². The van der Waals surface area contributed by atoms with E-state index in [-0.39, 0.29) is 0 Å². The van der Waals surface area contributed by atoms with Gasteiger partial charge in [-0.2, -0.15) is 0 Å². The summed E-state index contributed by atoms with van der Waals surface area (Å²) in [6, 6.07) is 12.9. The van der Waals surface area contributed by atoms with Crippen LogP contribution >= 0.6 is 21.2 Å². The van der Waals surface area contributed by atoms with Crippen molar-refractivity contribution in [2.24, 2.45) is 0 Å². The normalized spacial score (nSPS) is 18.1. The lowest BCUT2D eigenvalue weighted by Crippen LogP contribution is -2.28. The zero-order valence-corrected chi connectivity index (χ0v) is 21.9. The number of likely N-dealkylation sites (tertiary alicyclic amines) is 1. The number of nitrogens with one attached hydrogen (secondary N) is 1. The molecule has 2 saturated heterocycles. The third kappa shape index (κ3) is 5.44. The number of carbonyl (C=O) groups excluding carboxylic acids is 1. The van der Waals surface area contributed by atoms with Crippen LogP contribution in [-0.2, 0) is 6.16 Å². The third-order valence-corrected chi connectivity index (χ3v) is 9.13. The highest BCUT2D eigenvalue weighted by Gasteiger charge is 2.24. The number of aromatic amines is 1. The molecule has 3 aromatic rings. The summed E-state index contributed by atoms with van der Waals surface area (Å²) in [4.78, 5) is 18.0. The molecule has 2 aliphatic heterocycles. The zero-order valence-electron chi connectivity index (χ0n) is 20.0. The minimum Gasteiger partial charge on any atom is -0.360 e. The molecule has 1 aromatic heterocycles. The molecular formula is C28H36N3OPS. The van der Waals surface area contributed by atoms with E-state index in [1.165, 1.54) is 79.6 Å². The van der Waals surface area contributed by atoms with Gasteiger partial charge in [-0.1, -0.05) is 36.2 Å². The van der Waals surface area contributed by atoms with E-state index in [1.807, 2.05) is 18.0 Å². The minimum absolute atomic E-state index is 0.545. The first kappa shape index (κ1) is 24.1. The summed E-state index contributed by atoms with van der Waals surface area (Å²) in [7, 11) is 2.79. The molecule has 0 saturated carbocycles. The van der Waals surface area contributed by atoms with Gasteiger partial charge in [-0.15, -0.1) is 9.24 Å². The molecule has 2 fully saturated rings. The highest BCUT2D eigenvalue weighted by atomic mass is 32.2. The number of aldehydes is 1. The molecule has 5 rings (SSSR count). The lowest BCUT2D eigenvalue weighted by Gasteiger charge is -2.31. The van der Waals surface area contributed by atoms with Gasteiger partial charge in [-0.25, -0.2) is 0 Å². The highest BCUT2D eigenvalue weighted by molar-refractivity contribution is 7.97. The van der Waals surface area contributed by atoms with Crippen molar-refractivity contribution in [3.8, 4) is 11.1 Å². The molecule has 3 heterocycles. The molecule has 1 unspecified atom stereocenters. The standard InChI is InChI=1S/C28H36N3OPS/c32-19-25-16-24(23-6-3-5-21(15-23)20-33)17-26-27(18-29-28(25)26)22-7-12-31(13-8-22)34-14-4-11-30-9-1-2-10-30/h3,5-6,15-19,22,29H,1-2,4,7-14,20,33H2. The first-order chi connectivity index (χ1) is 16.7. The fourth-order valence-electron chi connectivity index (χ4n) is 5.54. The molecule has 1 N–H and O–H groups in total. The Morgan fingerprint density at radius 1 is 1.06 bits per heavy atom. The maximum absolute atomic E-state index is 11.9. The predicted molar refractivity (Wildman–Crippen MR) is 149 cm³/mol. The van der Waals surface area contributed by atoms with Crippen LogP contribution in [0.15, 0.2) is 42.6 Å². The van der Waals surface area contributed by atoms with E-state index in [0.29, 0.717) is 5.92 Å². The number of hydrogen-bond donors (Lipinski definition) is 1. The van der Waals surface area contributed by atoms with Crippen molar-refractivity contribution >= 4 is 38.4 Å². The minimum atomic E-state index is 0.545. The lowest BCUT2D eigenvalue weighted by molar-refractivity contribution is 0.112. The van der Waals surface area contributed by atoms with Crippen molar-refractivity contribution in [2.45, 2.75) is 44.2 Å². The van der Waals surface area contributed by atoms with Crippen molar-refractivity contribution in [1.29, 1.82) is 0 Å². The van der Waals surface area contributed by atoms with Gasteiger partial charge in [-0.05, 0) is 98.2 Å². The topological polar surface area (TPSA) is 39.3 Å². The van der Waals surface area contributed by atoms with Gasteiger partial charge in [0.2, 0.25) is 0 Å².